The van der Waals surface area contributed by atoms with Crippen LogP contribution in [-0.4, -0.2) is 9.13 Å². The van der Waals surface area contributed by atoms with Crippen LogP contribution in [-0.2, 0) is 48.9 Å². The van der Waals surface area contributed by atoms with Gasteiger partial charge in [0.05, 0.1) is 0 Å². The summed E-state index contributed by atoms with van der Waals surface area (Å²) in [6.45, 7) is 0. The minimum Gasteiger partial charge on any atom is -1.00 e. The Bertz CT molecular complexity index is 2080. The third-order valence-electron chi connectivity index (χ3n) is 11.0. The molecule has 2 nitrogen and oxygen atoms in total. The van der Waals surface area contributed by atoms with Gasteiger partial charge in [0.15, 0.2) is 0 Å². The van der Waals surface area contributed by atoms with E-state index >= 15 is 0 Å². The molecule has 2 unspecified atom stereocenters. The molecular formula is C42H36Br2N2Zr. The van der Waals surface area contributed by atoms with Crippen molar-refractivity contribution in [2.45, 2.75) is 58.6 Å². The number of para-hydroxylation sites is 2. The van der Waals surface area contributed by atoms with E-state index in [0.29, 0.717) is 7.25 Å². The number of allylic oxidation sites excluding steroid dienone is 2. The van der Waals surface area contributed by atoms with Gasteiger partial charge in [-0.3, -0.25) is 0 Å². The molecule has 10 rings (SSSR count). The van der Waals surface area contributed by atoms with Crippen molar-refractivity contribution < 1.29 is 57.2 Å². The second-order valence-electron chi connectivity index (χ2n) is 13.4. The van der Waals surface area contributed by atoms with Crippen LogP contribution in [0.4, 0.5) is 0 Å². The molecule has 47 heavy (non-hydrogen) atoms. The van der Waals surface area contributed by atoms with Crippen molar-refractivity contribution in [2.24, 2.45) is 0 Å². The van der Waals surface area contributed by atoms with Gasteiger partial charge < -0.3 is 34.0 Å². The minimum absolute atomic E-state index is 0. The predicted molar refractivity (Wildman–Crippen MR) is 184 cm³/mol. The van der Waals surface area contributed by atoms with E-state index in [-0.39, 0.29) is 34.0 Å². The number of hydrogen-bond donors (Lipinski definition) is 0. The summed E-state index contributed by atoms with van der Waals surface area (Å²) in [4.78, 5) is 0. The van der Waals surface area contributed by atoms with Crippen molar-refractivity contribution >= 4 is 45.4 Å². The van der Waals surface area contributed by atoms with Crippen molar-refractivity contribution in [3.63, 3.8) is 0 Å². The summed E-state index contributed by atoms with van der Waals surface area (Å²) < 4.78 is 6.46. The van der Waals surface area contributed by atoms with E-state index in [1.165, 1.54) is 84.3 Å². The van der Waals surface area contributed by atoms with Gasteiger partial charge in [-0.15, -0.1) is 0 Å². The third-order valence-corrected chi connectivity index (χ3v) is 15.6. The molecule has 6 aromatic rings. The molecule has 0 aliphatic heterocycles. The molecule has 0 amide bonds. The summed E-state index contributed by atoms with van der Waals surface area (Å²) in [5.74, 6) is 0. The molecule has 0 radical (unpaired) electrons. The van der Waals surface area contributed by atoms with Crippen molar-refractivity contribution in [3.8, 4) is 0 Å². The van der Waals surface area contributed by atoms with Crippen LogP contribution in [0, 0.1) is 0 Å². The van der Waals surface area contributed by atoms with Gasteiger partial charge in [0, 0.05) is 0 Å². The number of fused-ring (bicyclic) bond motifs is 8. The molecule has 0 spiro atoms. The zero-order chi connectivity index (χ0) is 29.5. The van der Waals surface area contributed by atoms with Crippen LogP contribution in [0.25, 0.3) is 45.4 Å². The van der Waals surface area contributed by atoms with Crippen LogP contribution >= 0.6 is 0 Å². The molecule has 0 fully saturated rings. The Morgan fingerprint density at radius 1 is 0.468 bits per heavy atom. The largest absolute Gasteiger partial charge is 1.00 e. The molecule has 0 saturated heterocycles. The average molecular weight is 820 g/mol. The summed E-state index contributed by atoms with van der Waals surface area (Å²) in [7, 11) is 0. The number of rotatable bonds is 4. The van der Waals surface area contributed by atoms with Crippen LogP contribution in [0.3, 0.4) is 0 Å². The Kier molecular flexibility index (Phi) is 8.48. The number of aromatic nitrogens is 2. The van der Waals surface area contributed by atoms with Gasteiger partial charge in [-0.2, -0.15) is 0 Å². The summed E-state index contributed by atoms with van der Waals surface area (Å²) in [6.07, 6.45) is 15.1. The van der Waals surface area contributed by atoms with Gasteiger partial charge in [-0.1, -0.05) is 0 Å². The van der Waals surface area contributed by atoms with E-state index < -0.39 is 23.2 Å². The van der Waals surface area contributed by atoms with Crippen LogP contribution in [0.5, 0.6) is 0 Å². The maximum atomic E-state index is 2.74. The molecule has 232 valence electrons. The molecule has 2 aromatic heterocycles. The second-order valence-corrected chi connectivity index (χ2v) is 17.1. The summed E-state index contributed by atoms with van der Waals surface area (Å²) in [6, 6.07) is 37.1. The number of hydrogen-bond acceptors (Lipinski definition) is 0. The van der Waals surface area contributed by atoms with Crippen LogP contribution in [0.2, 0.25) is 0 Å². The Hall–Kier alpha value is -2.72. The molecule has 2 heterocycles. The first-order valence-corrected chi connectivity index (χ1v) is 19.8. The zero-order valence-corrected chi connectivity index (χ0v) is 32.0. The quantitative estimate of drug-likeness (QED) is 0.252. The average Bonchev–Trinajstić information content (AvgIpc) is 3.83. The van der Waals surface area contributed by atoms with Crippen LogP contribution in [0.1, 0.15) is 77.7 Å². The van der Waals surface area contributed by atoms with Gasteiger partial charge in [0.1, 0.15) is 0 Å². The Labute approximate surface area is 309 Å². The zero-order valence-electron chi connectivity index (χ0n) is 26.4. The van der Waals surface area contributed by atoms with Crippen molar-refractivity contribution in [1.29, 1.82) is 0 Å². The summed E-state index contributed by atoms with van der Waals surface area (Å²) in [5.41, 5.74) is 18.3. The molecule has 0 N–H and O–H groups in total. The van der Waals surface area contributed by atoms with E-state index in [1.807, 2.05) is 0 Å². The molecule has 0 bridgehead atoms. The number of nitrogens with zero attached hydrogens (tertiary/aromatic N) is 2. The first-order valence-electron chi connectivity index (χ1n) is 17.0. The Morgan fingerprint density at radius 2 is 0.872 bits per heavy atom. The van der Waals surface area contributed by atoms with E-state index in [2.05, 4.69) is 118 Å². The van der Waals surface area contributed by atoms with Crippen molar-refractivity contribution in [1.82, 2.24) is 9.13 Å². The molecular weight excluding hydrogens is 784 g/mol. The predicted octanol–water partition coefficient (Wildman–Crippen LogP) is 4.25. The topological polar surface area (TPSA) is 9.86 Å². The molecule has 4 aliphatic rings. The Morgan fingerprint density at radius 3 is 1.36 bits per heavy atom. The van der Waals surface area contributed by atoms with Gasteiger partial charge in [0.2, 0.25) is 0 Å². The normalized spacial score (nSPS) is 19.1. The van der Waals surface area contributed by atoms with E-state index in [9.17, 15) is 0 Å². The maximum Gasteiger partial charge on any atom is -1.00 e. The molecule has 5 heteroatoms. The van der Waals surface area contributed by atoms with E-state index in [4.69, 9.17) is 0 Å². The fourth-order valence-corrected chi connectivity index (χ4v) is 14.0. The van der Waals surface area contributed by atoms with Gasteiger partial charge in [0.25, 0.3) is 0 Å². The molecule has 4 aromatic carbocycles. The van der Waals surface area contributed by atoms with Gasteiger partial charge in [-0.25, -0.2) is 0 Å². The molecule has 0 saturated carbocycles. The molecule has 4 aliphatic carbocycles. The number of aryl methyl sites for hydroxylation is 2. The number of benzene rings is 4. The number of halogens is 2. The second kappa shape index (κ2) is 12.6. The van der Waals surface area contributed by atoms with Gasteiger partial charge in [-0.05, 0) is 0 Å². The van der Waals surface area contributed by atoms with Crippen molar-refractivity contribution in [3.05, 3.63) is 142 Å². The van der Waals surface area contributed by atoms with Gasteiger partial charge >= 0.3 is 278 Å². The SMILES string of the molecule is C1=C(n2c3c(c4ccccc42)CCCC3)[CH]([Zr+2][CH]2C(n3c4c(c5ccccc53)CCCC4)=Cc3ccccc32)c2ccccc21.[Br-].[Br-]. The third kappa shape index (κ3) is 4.85. The van der Waals surface area contributed by atoms with E-state index in [0.717, 1.165) is 0 Å². The fourth-order valence-electron chi connectivity index (χ4n) is 9.10. The monoisotopic (exact) mass is 816 g/mol. The standard InChI is InChI=1S/2C21H18N.2BrH.Zr/c2*1-2-8-16-14-17(13-15(16)7-1)22-20-11-5-3-9-18(20)19-10-4-6-12-21(19)22;;;/h2*1-3,5,7-9,11,13-14H,4,6,10,12H2;2*1H;/q;;;;+2/p-2. The van der Waals surface area contributed by atoms with Crippen molar-refractivity contribution in [2.75, 3.05) is 0 Å². The first-order chi connectivity index (χ1) is 22.3. The van der Waals surface area contributed by atoms with Crippen LogP contribution in [0.15, 0.2) is 97.1 Å². The minimum atomic E-state index is -1.16. The fraction of sp³-hybridized carbons (Fsp3) is 0.238. The van der Waals surface area contributed by atoms with E-state index in [1.54, 1.807) is 45.0 Å². The molecule has 2 atom stereocenters. The summed E-state index contributed by atoms with van der Waals surface area (Å²) >= 11 is -1.16. The first kappa shape index (κ1) is 31.5. The van der Waals surface area contributed by atoms with Crippen LogP contribution < -0.4 is 34.0 Å². The maximum absolute atomic E-state index is 2.74. The Balaban J connectivity index is 0.00000162. The smallest absolute Gasteiger partial charge is 1.00 e. The summed E-state index contributed by atoms with van der Waals surface area (Å²) in [5, 5.41) is 2.95.